The number of carbonyl (C=O) groups excluding carboxylic acids is 1. The van der Waals surface area contributed by atoms with Crippen LogP contribution in [0.15, 0.2) is 78.6 Å². The summed E-state index contributed by atoms with van der Waals surface area (Å²) in [6.45, 7) is 0.218. The first-order valence-corrected chi connectivity index (χ1v) is 9.74. The summed E-state index contributed by atoms with van der Waals surface area (Å²) in [6.07, 6.45) is 0. The molecule has 1 N–H and O–H groups in total. The van der Waals surface area contributed by atoms with Gasteiger partial charge in [-0.05, 0) is 53.1 Å². The SMILES string of the molecule is COc1ccc(C2=C(O)C(=O)N(Cc3ccc(F)cc3)[C@H]2c2ccc(Cl)cc2)cc1. The molecule has 1 aliphatic heterocycles. The van der Waals surface area contributed by atoms with Crippen LogP contribution in [-0.4, -0.2) is 23.0 Å². The van der Waals surface area contributed by atoms with Gasteiger partial charge in [0.05, 0.1) is 13.2 Å². The van der Waals surface area contributed by atoms with E-state index in [1.165, 1.54) is 12.1 Å². The number of methoxy groups -OCH3 is 1. The van der Waals surface area contributed by atoms with Gasteiger partial charge in [0.15, 0.2) is 5.76 Å². The maximum absolute atomic E-state index is 13.3. The largest absolute Gasteiger partial charge is 0.503 e. The summed E-state index contributed by atoms with van der Waals surface area (Å²) in [5, 5.41) is 11.4. The summed E-state index contributed by atoms with van der Waals surface area (Å²) in [7, 11) is 1.58. The van der Waals surface area contributed by atoms with E-state index in [1.54, 1.807) is 48.4 Å². The Kier molecular flexibility index (Phi) is 5.46. The minimum Gasteiger partial charge on any atom is -0.503 e. The molecule has 4 nitrogen and oxygen atoms in total. The van der Waals surface area contributed by atoms with Gasteiger partial charge in [-0.15, -0.1) is 0 Å². The molecule has 0 fully saturated rings. The molecule has 0 unspecified atom stereocenters. The van der Waals surface area contributed by atoms with Gasteiger partial charge in [0.1, 0.15) is 11.6 Å². The van der Waals surface area contributed by atoms with Crippen molar-refractivity contribution >= 4 is 23.1 Å². The summed E-state index contributed by atoms with van der Waals surface area (Å²) in [5.74, 6) is -0.456. The Balaban J connectivity index is 1.79. The lowest BCUT2D eigenvalue weighted by atomic mass is 9.93. The number of aliphatic hydroxyl groups is 1. The molecule has 4 rings (SSSR count). The van der Waals surface area contributed by atoms with Crippen molar-refractivity contribution in [1.29, 1.82) is 0 Å². The second-order valence-corrected chi connectivity index (χ2v) is 7.44. The highest BCUT2D eigenvalue weighted by Gasteiger charge is 2.41. The lowest BCUT2D eigenvalue weighted by molar-refractivity contribution is -0.130. The van der Waals surface area contributed by atoms with E-state index in [0.29, 0.717) is 21.9 Å². The quantitative estimate of drug-likeness (QED) is 0.586. The number of carbonyl (C=O) groups is 1. The predicted molar refractivity (Wildman–Crippen MR) is 114 cm³/mol. The maximum Gasteiger partial charge on any atom is 0.290 e. The Bertz CT molecular complexity index is 1090. The van der Waals surface area contributed by atoms with E-state index in [9.17, 15) is 14.3 Å². The van der Waals surface area contributed by atoms with Gasteiger partial charge in [0.25, 0.3) is 5.91 Å². The van der Waals surface area contributed by atoms with Crippen molar-refractivity contribution in [3.63, 3.8) is 0 Å². The molecule has 1 heterocycles. The first kappa shape index (κ1) is 20.0. The molecule has 3 aromatic carbocycles. The van der Waals surface area contributed by atoms with Gasteiger partial charge in [0, 0.05) is 17.1 Å². The normalized spacial score (nSPS) is 16.3. The van der Waals surface area contributed by atoms with E-state index in [0.717, 1.165) is 11.1 Å². The summed E-state index contributed by atoms with van der Waals surface area (Å²) < 4.78 is 18.5. The molecule has 6 heteroatoms. The second-order valence-electron chi connectivity index (χ2n) is 7.00. The number of rotatable bonds is 5. The van der Waals surface area contributed by atoms with Crippen molar-refractivity contribution in [3.8, 4) is 5.75 Å². The van der Waals surface area contributed by atoms with Gasteiger partial charge >= 0.3 is 0 Å². The van der Waals surface area contributed by atoms with Crippen molar-refractivity contribution < 1.29 is 19.0 Å². The number of amides is 1. The highest BCUT2D eigenvalue weighted by molar-refractivity contribution is 6.30. The molecule has 0 aliphatic carbocycles. The van der Waals surface area contributed by atoms with Crippen molar-refractivity contribution in [2.45, 2.75) is 12.6 Å². The van der Waals surface area contributed by atoms with Crippen molar-refractivity contribution in [2.24, 2.45) is 0 Å². The predicted octanol–water partition coefficient (Wildman–Crippen LogP) is 5.54. The topological polar surface area (TPSA) is 49.8 Å². The van der Waals surface area contributed by atoms with Gasteiger partial charge in [-0.2, -0.15) is 0 Å². The van der Waals surface area contributed by atoms with Crippen molar-refractivity contribution in [2.75, 3.05) is 7.11 Å². The van der Waals surface area contributed by atoms with E-state index in [-0.39, 0.29) is 18.1 Å². The van der Waals surface area contributed by atoms with Crippen molar-refractivity contribution in [1.82, 2.24) is 4.90 Å². The van der Waals surface area contributed by atoms with Gasteiger partial charge in [-0.25, -0.2) is 4.39 Å². The molecule has 0 aromatic heterocycles. The van der Waals surface area contributed by atoms with E-state index in [1.807, 2.05) is 24.3 Å². The lowest BCUT2D eigenvalue weighted by Gasteiger charge is -2.27. The lowest BCUT2D eigenvalue weighted by Crippen LogP contribution is -2.29. The van der Waals surface area contributed by atoms with Crippen LogP contribution in [0.25, 0.3) is 5.57 Å². The Morgan fingerprint density at radius 3 is 2.23 bits per heavy atom. The molecule has 0 saturated heterocycles. The minimum atomic E-state index is -0.520. The standard InChI is InChI=1S/C24H19ClFNO3/c1-30-20-12-6-16(7-13-20)21-22(17-4-8-18(25)9-5-17)27(24(29)23(21)28)14-15-2-10-19(26)11-3-15/h2-13,22,28H,14H2,1H3/t22-/m0/s1. The Morgan fingerprint density at radius 1 is 1.00 bits per heavy atom. The third-order valence-corrected chi connectivity index (χ3v) is 5.41. The maximum atomic E-state index is 13.3. The molecule has 1 atom stereocenters. The summed E-state index contributed by atoms with van der Waals surface area (Å²) in [6, 6.07) is 19.8. The number of nitrogens with zero attached hydrogens (tertiary/aromatic N) is 1. The fourth-order valence-corrected chi connectivity index (χ4v) is 3.79. The molecule has 1 amide bonds. The van der Waals surface area contributed by atoms with Crippen molar-refractivity contribution in [3.05, 3.63) is 106 Å². The first-order valence-electron chi connectivity index (χ1n) is 9.36. The molecular formula is C24H19ClFNO3. The molecule has 3 aromatic rings. The van der Waals surface area contributed by atoms with Crippen LogP contribution in [0.1, 0.15) is 22.7 Å². The number of hydrogen-bond donors (Lipinski definition) is 1. The van der Waals surface area contributed by atoms with Gasteiger partial charge in [-0.1, -0.05) is 48.0 Å². The molecule has 1 aliphatic rings. The smallest absolute Gasteiger partial charge is 0.290 e. The number of ether oxygens (including phenoxy) is 1. The third kappa shape index (κ3) is 3.76. The van der Waals surface area contributed by atoms with Crippen LogP contribution in [-0.2, 0) is 11.3 Å². The average Bonchev–Trinajstić information content (AvgIpc) is 3.01. The van der Waals surface area contributed by atoms with E-state index in [4.69, 9.17) is 16.3 Å². The van der Waals surface area contributed by atoms with Crippen LogP contribution >= 0.6 is 11.6 Å². The third-order valence-electron chi connectivity index (χ3n) is 5.16. The Labute approximate surface area is 178 Å². The van der Waals surface area contributed by atoms with Crippen LogP contribution in [0.3, 0.4) is 0 Å². The zero-order chi connectivity index (χ0) is 21.3. The highest BCUT2D eigenvalue weighted by Crippen LogP contribution is 2.44. The molecule has 0 bridgehead atoms. The average molecular weight is 424 g/mol. The number of aliphatic hydroxyl groups excluding tert-OH is 1. The van der Waals surface area contributed by atoms with E-state index >= 15 is 0 Å². The molecular weight excluding hydrogens is 405 g/mol. The summed E-state index contributed by atoms with van der Waals surface area (Å²) >= 11 is 6.05. The fraction of sp³-hybridized carbons (Fsp3) is 0.125. The number of halogens is 2. The van der Waals surface area contributed by atoms with Crippen LogP contribution in [0.5, 0.6) is 5.75 Å². The van der Waals surface area contributed by atoms with E-state index < -0.39 is 11.9 Å². The second kappa shape index (κ2) is 8.20. The van der Waals surface area contributed by atoms with Crippen LogP contribution in [0.4, 0.5) is 4.39 Å². The van der Waals surface area contributed by atoms with Gasteiger partial charge in [-0.3, -0.25) is 4.79 Å². The molecule has 0 radical (unpaired) electrons. The summed E-state index contributed by atoms with van der Waals surface area (Å²) in [4.78, 5) is 14.6. The van der Waals surface area contributed by atoms with Gasteiger partial charge in [0.2, 0.25) is 0 Å². The number of hydrogen-bond acceptors (Lipinski definition) is 3. The van der Waals surface area contributed by atoms with Gasteiger partial charge < -0.3 is 14.7 Å². The van der Waals surface area contributed by atoms with Crippen LogP contribution in [0.2, 0.25) is 5.02 Å². The highest BCUT2D eigenvalue weighted by atomic mass is 35.5. The molecule has 0 spiro atoms. The zero-order valence-electron chi connectivity index (χ0n) is 16.2. The van der Waals surface area contributed by atoms with E-state index in [2.05, 4.69) is 0 Å². The number of benzene rings is 3. The zero-order valence-corrected chi connectivity index (χ0v) is 16.9. The molecule has 0 saturated carbocycles. The monoisotopic (exact) mass is 423 g/mol. The minimum absolute atomic E-state index is 0.218. The van der Waals surface area contributed by atoms with Crippen LogP contribution in [0, 0.1) is 5.82 Å². The fourth-order valence-electron chi connectivity index (χ4n) is 3.66. The first-order chi connectivity index (χ1) is 14.5. The van der Waals surface area contributed by atoms with Crippen LogP contribution < -0.4 is 4.74 Å². The molecule has 30 heavy (non-hydrogen) atoms. The molecule has 152 valence electrons. The Hall–Kier alpha value is -3.31. The summed E-state index contributed by atoms with van der Waals surface area (Å²) in [5.41, 5.74) is 2.78. The Morgan fingerprint density at radius 2 is 1.63 bits per heavy atom.